The fourth-order valence-electron chi connectivity index (χ4n) is 5.02. The average molecular weight is 521 g/mol. The van der Waals surface area contributed by atoms with Crippen LogP contribution in [0.2, 0.25) is 0 Å². The molecule has 0 spiro atoms. The molecule has 1 heterocycles. The van der Waals surface area contributed by atoms with Crippen LogP contribution in [-0.2, 0) is 11.2 Å². The molecule has 1 aliphatic rings. The standard InChI is InChI=1S/C34H36N2O3/c1-3-16-39-17-15-35-34(38)27-13-11-26(12-14-27)28-21-30-29(19-24-7-5-4-6-8-24)31(33(37)20-25-9-10-25)22-36-32(30)18-23(28)2/h4-8,11-14,18,21-22,25H,3,9-10,15-17,19-20H2,1-2H3,(H,35,38). The van der Waals surface area contributed by atoms with E-state index in [4.69, 9.17) is 9.72 Å². The molecule has 1 saturated carbocycles. The van der Waals surface area contributed by atoms with E-state index in [-0.39, 0.29) is 11.7 Å². The number of benzene rings is 3. The zero-order chi connectivity index (χ0) is 27.2. The van der Waals surface area contributed by atoms with Gasteiger partial charge in [-0.25, -0.2) is 0 Å². The van der Waals surface area contributed by atoms with Crippen LogP contribution in [-0.4, -0.2) is 36.4 Å². The van der Waals surface area contributed by atoms with Gasteiger partial charge in [0.2, 0.25) is 0 Å². The highest BCUT2D eigenvalue weighted by Crippen LogP contribution is 2.36. The third kappa shape index (κ3) is 6.61. The second-order valence-corrected chi connectivity index (χ2v) is 10.5. The minimum Gasteiger partial charge on any atom is -0.380 e. The van der Waals surface area contributed by atoms with Gasteiger partial charge < -0.3 is 10.1 Å². The number of nitrogens with zero attached hydrogens (tertiary/aromatic N) is 1. The van der Waals surface area contributed by atoms with Crippen molar-refractivity contribution in [3.05, 3.63) is 101 Å². The minimum atomic E-state index is -0.106. The van der Waals surface area contributed by atoms with Crippen molar-refractivity contribution in [2.75, 3.05) is 19.8 Å². The molecule has 1 aromatic heterocycles. The van der Waals surface area contributed by atoms with E-state index in [0.717, 1.165) is 58.0 Å². The summed E-state index contributed by atoms with van der Waals surface area (Å²) in [6.07, 6.45) is 6.31. The Hall–Kier alpha value is -3.83. The third-order valence-corrected chi connectivity index (χ3v) is 7.36. The molecule has 5 nitrogen and oxygen atoms in total. The lowest BCUT2D eigenvalue weighted by Gasteiger charge is -2.15. The summed E-state index contributed by atoms with van der Waals surface area (Å²) in [5.74, 6) is 0.603. The number of Topliss-reactive ketones (excluding diaryl/α,β-unsaturated/α-hetero) is 1. The number of ketones is 1. The highest BCUT2D eigenvalue weighted by molar-refractivity contribution is 6.03. The van der Waals surface area contributed by atoms with E-state index >= 15 is 0 Å². The van der Waals surface area contributed by atoms with Crippen LogP contribution in [0.3, 0.4) is 0 Å². The lowest BCUT2D eigenvalue weighted by atomic mass is 9.90. The second-order valence-electron chi connectivity index (χ2n) is 10.5. The van der Waals surface area contributed by atoms with Crippen LogP contribution in [0, 0.1) is 12.8 Å². The fourth-order valence-corrected chi connectivity index (χ4v) is 5.02. The summed E-state index contributed by atoms with van der Waals surface area (Å²) >= 11 is 0. The molecule has 1 N–H and O–H groups in total. The van der Waals surface area contributed by atoms with Gasteiger partial charge in [0.25, 0.3) is 5.91 Å². The van der Waals surface area contributed by atoms with Crippen molar-refractivity contribution in [1.29, 1.82) is 0 Å². The number of carbonyl (C=O) groups excluding carboxylic acids is 2. The molecule has 0 radical (unpaired) electrons. The van der Waals surface area contributed by atoms with Gasteiger partial charge in [0, 0.05) is 42.3 Å². The maximum absolute atomic E-state index is 13.3. The number of pyridine rings is 1. The van der Waals surface area contributed by atoms with Crippen molar-refractivity contribution in [2.24, 2.45) is 5.92 Å². The van der Waals surface area contributed by atoms with Gasteiger partial charge in [-0.15, -0.1) is 0 Å². The Morgan fingerprint density at radius 3 is 2.49 bits per heavy atom. The number of fused-ring (bicyclic) bond motifs is 1. The number of ether oxygens (including phenoxy) is 1. The first-order valence-corrected chi connectivity index (χ1v) is 14.0. The number of aryl methyl sites for hydroxylation is 1. The molecule has 3 aromatic carbocycles. The number of hydrogen-bond acceptors (Lipinski definition) is 4. The summed E-state index contributed by atoms with van der Waals surface area (Å²) < 4.78 is 5.45. The predicted molar refractivity (Wildman–Crippen MR) is 156 cm³/mol. The SMILES string of the molecule is CCCOCCNC(=O)c1ccc(-c2cc3c(Cc4ccccc4)c(C(=O)CC4CC4)cnc3cc2C)cc1. The van der Waals surface area contributed by atoms with E-state index in [2.05, 4.69) is 43.4 Å². The van der Waals surface area contributed by atoms with Crippen molar-refractivity contribution in [3.8, 4) is 11.1 Å². The van der Waals surface area contributed by atoms with Crippen LogP contribution in [0.25, 0.3) is 22.0 Å². The summed E-state index contributed by atoms with van der Waals surface area (Å²) in [6, 6.07) is 22.3. The van der Waals surface area contributed by atoms with Gasteiger partial charge in [0.1, 0.15) is 0 Å². The number of aromatic nitrogens is 1. The molecule has 39 heavy (non-hydrogen) atoms. The van der Waals surface area contributed by atoms with Gasteiger partial charge in [-0.05, 0) is 90.6 Å². The van der Waals surface area contributed by atoms with Gasteiger partial charge in [0.15, 0.2) is 5.78 Å². The highest BCUT2D eigenvalue weighted by Gasteiger charge is 2.27. The number of amides is 1. The molecule has 0 aliphatic heterocycles. The van der Waals surface area contributed by atoms with Crippen molar-refractivity contribution in [3.63, 3.8) is 0 Å². The molecule has 4 aromatic rings. The summed E-state index contributed by atoms with van der Waals surface area (Å²) in [4.78, 5) is 30.6. The molecule has 1 aliphatic carbocycles. The molecule has 0 saturated heterocycles. The van der Waals surface area contributed by atoms with Crippen LogP contribution in [0.15, 0.2) is 72.9 Å². The Morgan fingerprint density at radius 1 is 1.00 bits per heavy atom. The molecular weight excluding hydrogens is 484 g/mol. The molecule has 5 rings (SSSR count). The third-order valence-electron chi connectivity index (χ3n) is 7.36. The first-order valence-electron chi connectivity index (χ1n) is 14.0. The van der Waals surface area contributed by atoms with Gasteiger partial charge in [-0.1, -0.05) is 49.4 Å². The molecule has 1 fully saturated rings. The molecule has 5 heteroatoms. The first kappa shape index (κ1) is 26.8. The minimum absolute atomic E-state index is 0.106. The normalized spacial score (nSPS) is 13.0. The van der Waals surface area contributed by atoms with Gasteiger partial charge >= 0.3 is 0 Å². The van der Waals surface area contributed by atoms with E-state index in [9.17, 15) is 9.59 Å². The maximum Gasteiger partial charge on any atom is 0.251 e. The maximum atomic E-state index is 13.3. The molecule has 0 atom stereocenters. The van der Waals surface area contributed by atoms with Crippen LogP contribution in [0.5, 0.6) is 0 Å². The van der Waals surface area contributed by atoms with E-state index in [1.54, 1.807) is 6.20 Å². The Balaban J connectivity index is 1.46. The van der Waals surface area contributed by atoms with Crippen molar-refractivity contribution >= 4 is 22.6 Å². The summed E-state index contributed by atoms with van der Waals surface area (Å²) in [5.41, 5.74) is 7.66. The lowest BCUT2D eigenvalue weighted by molar-refractivity contribution is 0.0914. The molecule has 0 unspecified atom stereocenters. The number of hydrogen-bond donors (Lipinski definition) is 1. The Kier molecular flexibility index (Phi) is 8.48. The van der Waals surface area contributed by atoms with Crippen molar-refractivity contribution in [2.45, 2.75) is 46.0 Å². The van der Waals surface area contributed by atoms with Crippen LogP contribution in [0.4, 0.5) is 0 Å². The Labute approximate surface area is 230 Å². The molecule has 1 amide bonds. The van der Waals surface area contributed by atoms with Gasteiger partial charge in [-0.3, -0.25) is 14.6 Å². The summed E-state index contributed by atoms with van der Waals surface area (Å²) in [7, 11) is 0. The Morgan fingerprint density at radius 2 is 1.77 bits per heavy atom. The van der Waals surface area contributed by atoms with Crippen LogP contribution < -0.4 is 5.32 Å². The first-order chi connectivity index (χ1) is 19.0. The smallest absolute Gasteiger partial charge is 0.251 e. The van der Waals surface area contributed by atoms with Crippen molar-refractivity contribution < 1.29 is 14.3 Å². The number of carbonyl (C=O) groups is 2. The Bertz CT molecular complexity index is 1460. The van der Waals surface area contributed by atoms with Crippen LogP contribution >= 0.6 is 0 Å². The topological polar surface area (TPSA) is 68.3 Å². The van der Waals surface area contributed by atoms with E-state index in [1.165, 1.54) is 5.56 Å². The number of nitrogens with one attached hydrogen (secondary N) is 1. The lowest BCUT2D eigenvalue weighted by Crippen LogP contribution is -2.27. The molecule has 0 bridgehead atoms. The van der Waals surface area contributed by atoms with Gasteiger partial charge in [-0.2, -0.15) is 0 Å². The van der Waals surface area contributed by atoms with Gasteiger partial charge in [0.05, 0.1) is 12.1 Å². The highest BCUT2D eigenvalue weighted by atomic mass is 16.5. The van der Waals surface area contributed by atoms with E-state index < -0.39 is 0 Å². The number of rotatable bonds is 12. The van der Waals surface area contributed by atoms with Crippen LogP contribution in [0.1, 0.15) is 70.0 Å². The average Bonchev–Trinajstić information content (AvgIpc) is 3.77. The van der Waals surface area contributed by atoms with E-state index in [0.29, 0.717) is 44.1 Å². The zero-order valence-electron chi connectivity index (χ0n) is 22.8. The summed E-state index contributed by atoms with van der Waals surface area (Å²) in [5, 5.41) is 3.92. The van der Waals surface area contributed by atoms with E-state index in [1.807, 2.05) is 42.5 Å². The predicted octanol–water partition coefficient (Wildman–Crippen LogP) is 6.94. The zero-order valence-corrected chi connectivity index (χ0v) is 22.8. The fraction of sp³-hybridized carbons (Fsp3) is 0.324. The quantitative estimate of drug-likeness (QED) is 0.162. The van der Waals surface area contributed by atoms with Crippen molar-refractivity contribution in [1.82, 2.24) is 10.3 Å². The second kappa shape index (κ2) is 12.4. The molecule has 200 valence electrons. The molecular formula is C34H36N2O3. The summed E-state index contributed by atoms with van der Waals surface area (Å²) in [6.45, 7) is 5.85. The monoisotopic (exact) mass is 520 g/mol. The largest absolute Gasteiger partial charge is 0.380 e.